The number of unbranched alkanes of at least 4 members (excludes halogenated alkanes) is 1. The van der Waals surface area contributed by atoms with E-state index in [1.54, 1.807) is 19.2 Å². The number of methoxy groups -OCH3 is 1. The first kappa shape index (κ1) is 16.8. The van der Waals surface area contributed by atoms with Crippen LogP contribution in [-0.2, 0) is 0 Å². The molecule has 20 heavy (non-hydrogen) atoms. The number of aldehydes is 1. The van der Waals surface area contributed by atoms with E-state index >= 15 is 0 Å². The summed E-state index contributed by atoms with van der Waals surface area (Å²) >= 11 is 6.16. The van der Waals surface area contributed by atoms with Crippen molar-refractivity contribution in [3.8, 4) is 11.5 Å². The van der Waals surface area contributed by atoms with Gasteiger partial charge in [0.05, 0.1) is 18.7 Å². The van der Waals surface area contributed by atoms with Crippen LogP contribution in [0.4, 0.5) is 0 Å². The Labute approximate surface area is 126 Å². The summed E-state index contributed by atoms with van der Waals surface area (Å²) in [7, 11) is 1.54. The predicted molar refractivity (Wildman–Crippen MR) is 82.2 cm³/mol. The highest BCUT2D eigenvalue weighted by Crippen LogP contribution is 2.36. The first-order chi connectivity index (χ1) is 9.65. The molecular weight excluding hydrogens is 276 g/mol. The molecule has 0 aliphatic rings. The molecule has 112 valence electrons. The van der Waals surface area contributed by atoms with Crippen molar-refractivity contribution < 1.29 is 14.3 Å². The zero-order chi connectivity index (χ0) is 15.0. The Hall–Kier alpha value is -1.22. The SMILES string of the molecule is CCCCC(CC)COc1c(Cl)cc(C=O)cc1OC. The summed E-state index contributed by atoms with van der Waals surface area (Å²) in [5.41, 5.74) is 0.484. The molecule has 0 saturated heterocycles. The van der Waals surface area contributed by atoms with Gasteiger partial charge in [-0.25, -0.2) is 0 Å². The maximum Gasteiger partial charge on any atom is 0.179 e. The van der Waals surface area contributed by atoms with E-state index in [0.717, 1.165) is 19.1 Å². The molecule has 0 N–H and O–H groups in total. The van der Waals surface area contributed by atoms with Crippen LogP contribution in [0.1, 0.15) is 49.9 Å². The molecule has 1 aromatic carbocycles. The quantitative estimate of drug-likeness (QED) is 0.617. The van der Waals surface area contributed by atoms with Gasteiger partial charge in [-0.1, -0.05) is 44.7 Å². The van der Waals surface area contributed by atoms with Crippen LogP contribution in [0, 0.1) is 5.92 Å². The van der Waals surface area contributed by atoms with Crippen molar-refractivity contribution in [3.05, 3.63) is 22.7 Å². The van der Waals surface area contributed by atoms with E-state index in [2.05, 4.69) is 13.8 Å². The molecule has 0 bridgehead atoms. The van der Waals surface area contributed by atoms with Crippen molar-refractivity contribution in [2.75, 3.05) is 13.7 Å². The lowest BCUT2D eigenvalue weighted by atomic mass is 10.0. The number of hydrogen-bond donors (Lipinski definition) is 0. The maximum atomic E-state index is 10.8. The lowest BCUT2D eigenvalue weighted by Gasteiger charge is -2.18. The Morgan fingerprint density at radius 1 is 1.35 bits per heavy atom. The number of hydrogen-bond acceptors (Lipinski definition) is 3. The molecule has 1 atom stereocenters. The minimum atomic E-state index is 0.414. The topological polar surface area (TPSA) is 35.5 Å². The number of benzene rings is 1. The Bertz CT molecular complexity index is 432. The summed E-state index contributed by atoms with van der Waals surface area (Å²) < 4.78 is 11.1. The van der Waals surface area contributed by atoms with Gasteiger partial charge in [-0.15, -0.1) is 0 Å². The Morgan fingerprint density at radius 3 is 2.65 bits per heavy atom. The molecule has 1 unspecified atom stereocenters. The molecule has 0 spiro atoms. The van der Waals surface area contributed by atoms with Gasteiger partial charge in [0.1, 0.15) is 6.29 Å². The third-order valence-electron chi connectivity index (χ3n) is 3.39. The smallest absolute Gasteiger partial charge is 0.179 e. The van der Waals surface area contributed by atoms with Gasteiger partial charge in [0.15, 0.2) is 11.5 Å². The fraction of sp³-hybridized carbons (Fsp3) is 0.562. The second-order valence-electron chi connectivity index (χ2n) is 4.88. The molecule has 1 rings (SSSR count). The third-order valence-corrected chi connectivity index (χ3v) is 3.68. The van der Waals surface area contributed by atoms with Crippen molar-refractivity contribution >= 4 is 17.9 Å². The summed E-state index contributed by atoms with van der Waals surface area (Å²) in [6.07, 6.45) is 5.37. The van der Waals surface area contributed by atoms with Gasteiger partial charge in [0.25, 0.3) is 0 Å². The van der Waals surface area contributed by atoms with E-state index in [9.17, 15) is 4.79 Å². The van der Waals surface area contributed by atoms with Crippen molar-refractivity contribution in [2.24, 2.45) is 5.92 Å². The molecule has 3 nitrogen and oxygen atoms in total. The summed E-state index contributed by atoms with van der Waals surface area (Å²) in [6.45, 7) is 4.97. The highest BCUT2D eigenvalue weighted by atomic mass is 35.5. The standard InChI is InChI=1S/C16H23ClO3/c1-4-6-7-12(5-2)11-20-16-14(17)8-13(10-18)9-15(16)19-3/h8-10,12H,4-7,11H2,1-3H3. The monoisotopic (exact) mass is 298 g/mol. The Balaban J connectivity index is 2.78. The maximum absolute atomic E-state index is 10.8. The summed E-state index contributed by atoms with van der Waals surface area (Å²) in [6, 6.07) is 3.24. The molecule has 0 saturated carbocycles. The van der Waals surface area contributed by atoms with Crippen LogP contribution >= 0.6 is 11.6 Å². The largest absolute Gasteiger partial charge is 0.493 e. The van der Waals surface area contributed by atoms with Gasteiger partial charge < -0.3 is 9.47 Å². The van der Waals surface area contributed by atoms with E-state index in [1.807, 2.05) is 0 Å². The van der Waals surface area contributed by atoms with E-state index in [4.69, 9.17) is 21.1 Å². The first-order valence-corrected chi connectivity index (χ1v) is 7.49. The van der Waals surface area contributed by atoms with Crippen LogP contribution in [-0.4, -0.2) is 20.0 Å². The van der Waals surface area contributed by atoms with Crippen molar-refractivity contribution in [2.45, 2.75) is 39.5 Å². The molecule has 0 fully saturated rings. The number of rotatable bonds is 9. The van der Waals surface area contributed by atoms with Gasteiger partial charge >= 0.3 is 0 Å². The van der Waals surface area contributed by atoms with Crippen molar-refractivity contribution in [1.82, 2.24) is 0 Å². The zero-order valence-electron chi connectivity index (χ0n) is 12.4. The normalized spacial score (nSPS) is 12.0. The summed E-state index contributed by atoms with van der Waals surface area (Å²) in [5.74, 6) is 1.54. The van der Waals surface area contributed by atoms with E-state index in [-0.39, 0.29) is 0 Å². The number of carbonyl (C=O) groups excluding carboxylic acids is 1. The fourth-order valence-electron chi connectivity index (χ4n) is 2.05. The lowest BCUT2D eigenvalue weighted by molar-refractivity contribution is 0.112. The van der Waals surface area contributed by atoms with E-state index in [1.165, 1.54) is 12.8 Å². The molecule has 0 heterocycles. The van der Waals surface area contributed by atoms with Crippen LogP contribution in [0.3, 0.4) is 0 Å². The van der Waals surface area contributed by atoms with Gasteiger partial charge in [-0.2, -0.15) is 0 Å². The van der Waals surface area contributed by atoms with Gasteiger partial charge in [-0.3, -0.25) is 4.79 Å². The molecule has 0 amide bonds. The van der Waals surface area contributed by atoms with Crippen LogP contribution in [0.5, 0.6) is 11.5 Å². The predicted octanol–water partition coefficient (Wildman–Crippen LogP) is 4.76. The molecule has 4 heteroatoms. The fourth-order valence-corrected chi connectivity index (χ4v) is 2.32. The van der Waals surface area contributed by atoms with Crippen molar-refractivity contribution in [1.29, 1.82) is 0 Å². The van der Waals surface area contributed by atoms with Crippen molar-refractivity contribution in [3.63, 3.8) is 0 Å². The Morgan fingerprint density at radius 2 is 2.10 bits per heavy atom. The molecule has 0 aromatic heterocycles. The molecule has 0 aliphatic heterocycles. The lowest BCUT2D eigenvalue weighted by Crippen LogP contribution is -2.12. The number of carbonyl (C=O) groups is 1. The van der Waals surface area contributed by atoms with E-state index in [0.29, 0.717) is 34.6 Å². The number of halogens is 1. The molecule has 0 radical (unpaired) electrons. The summed E-state index contributed by atoms with van der Waals surface area (Å²) in [5, 5.41) is 0.414. The molecule has 1 aromatic rings. The zero-order valence-corrected chi connectivity index (χ0v) is 13.2. The number of ether oxygens (including phenoxy) is 2. The van der Waals surface area contributed by atoms with Gasteiger partial charge in [-0.05, 0) is 24.5 Å². The minimum Gasteiger partial charge on any atom is -0.493 e. The van der Waals surface area contributed by atoms with Crippen LogP contribution < -0.4 is 9.47 Å². The minimum absolute atomic E-state index is 0.414. The second-order valence-corrected chi connectivity index (χ2v) is 5.29. The van der Waals surface area contributed by atoms with Gasteiger partial charge in [0, 0.05) is 5.56 Å². The molecule has 0 aliphatic carbocycles. The third kappa shape index (κ3) is 4.71. The first-order valence-electron chi connectivity index (χ1n) is 7.11. The highest BCUT2D eigenvalue weighted by molar-refractivity contribution is 6.32. The average molecular weight is 299 g/mol. The summed E-state index contributed by atoms with van der Waals surface area (Å²) in [4.78, 5) is 10.8. The highest BCUT2D eigenvalue weighted by Gasteiger charge is 2.14. The van der Waals surface area contributed by atoms with E-state index < -0.39 is 0 Å². The van der Waals surface area contributed by atoms with Gasteiger partial charge in [0.2, 0.25) is 0 Å². The molecular formula is C16H23ClO3. The van der Waals surface area contributed by atoms with Crippen LogP contribution in [0.25, 0.3) is 0 Å². The average Bonchev–Trinajstić information content (AvgIpc) is 2.47. The second kappa shape index (κ2) is 8.85. The van der Waals surface area contributed by atoms with Crippen LogP contribution in [0.2, 0.25) is 5.02 Å². The Kier molecular flexibility index (Phi) is 7.45. The van der Waals surface area contributed by atoms with Crippen LogP contribution in [0.15, 0.2) is 12.1 Å².